The van der Waals surface area contributed by atoms with E-state index in [-0.39, 0.29) is 17.4 Å². The third-order valence-corrected chi connectivity index (χ3v) is 4.32. The van der Waals surface area contributed by atoms with Crippen LogP contribution in [0.15, 0.2) is 47.4 Å². The Labute approximate surface area is 146 Å². The second-order valence-electron chi connectivity index (χ2n) is 6.06. The smallest absolute Gasteiger partial charge is 0.250 e. The lowest BCUT2D eigenvalue weighted by molar-refractivity contribution is -0.126. The average molecular weight is 342 g/mol. The first-order valence-electron chi connectivity index (χ1n) is 8.40. The van der Waals surface area contributed by atoms with Crippen molar-refractivity contribution < 1.29 is 14.3 Å². The molecule has 25 heavy (non-hydrogen) atoms. The predicted octanol–water partition coefficient (Wildman–Crippen LogP) is 1.61. The summed E-state index contributed by atoms with van der Waals surface area (Å²) in [4.78, 5) is 24.0. The second kappa shape index (κ2) is 7.88. The van der Waals surface area contributed by atoms with Crippen molar-refractivity contribution in [1.29, 1.82) is 0 Å². The highest BCUT2D eigenvalue weighted by molar-refractivity contribution is 5.79. The summed E-state index contributed by atoms with van der Waals surface area (Å²) in [6.07, 6.45) is 3.09. The zero-order valence-corrected chi connectivity index (χ0v) is 14.2. The fraction of sp³-hybridized carbons (Fsp3) is 0.368. The average Bonchev–Trinajstić information content (AvgIpc) is 2.65. The van der Waals surface area contributed by atoms with Crippen LogP contribution in [0.1, 0.15) is 12.0 Å². The van der Waals surface area contributed by atoms with Gasteiger partial charge in [0.1, 0.15) is 18.1 Å². The van der Waals surface area contributed by atoms with Crippen molar-refractivity contribution in [2.24, 2.45) is 5.92 Å². The first kappa shape index (κ1) is 17.1. The third-order valence-electron chi connectivity index (χ3n) is 4.32. The lowest BCUT2D eigenvalue weighted by atomic mass is 9.96. The zero-order valence-electron chi connectivity index (χ0n) is 14.2. The third kappa shape index (κ3) is 4.21. The van der Waals surface area contributed by atoms with Crippen molar-refractivity contribution in [3.8, 4) is 11.5 Å². The number of pyridine rings is 1. The first-order valence-corrected chi connectivity index (χ1v) is 8.40. The number of aryl methyl sites for hydroxylation is 1. The molecule has 2 aromatic rings. The molecule has 0 bridgehead atoms. The van der Waals surface area contributed by atoms with E-state index in [1.54, 1.807) is 23.9 Å². The van der Waals surface area contributed by atoms with Gasteiger partial charge in [0.05, 0.1) is 13.0 Å². The molecule has 2 heterocycles. The Morgan fingerprint density at radius 3 is 3.04 bits per heavy atom. The molecule has 6 heteroatoms. The number of ether oxygens (including phenoxy) is 2. The fourth-order valence-electron chi connectivity index (χ4n) is 2.92. The van der Waals surface area contributed by atoms with Gasteiger partial charge in [0.15, 0.2) is 0 Å². The zero-order chi connectivity index (χ0) is 17.6. The van der Waals surface area contributed by atoms with Gasteiger partial charge in [0.2, 0.25) is 11.5 Å². The molecule has 0 unspecified atom stereocenters. The lowest BCUT2D eigenvalue weighted by Gasteiger charge is -2.25. The highest BCUT2D eigenvalue weighted by Crippen LogP contribution is 2.30. The van der Waals surface area contributed by atoms with Crippen molar-refractivity contribution in [1.82, 2.24) is 9.88 Å². The quantitative estimate of drug-likeness (QED) is 0.810. The van der Waals surface area contributed by atoms with Gasteiger partial charge in [0.25, 0.3) is 0 Å². The molecule has 6 nitrogen and oxygen atoms in total. The van der Waals surface area contributed by atoms with Crippen LogP contribution >= 0.6 is 0 Å². The number of methoxy groups -OCH3 is 1. The summed E-state index contributed by atoms with van der Waals surface area (Å²) in [6, 6.07) is 10.7. The monoisotopic (exact) mass is 342 g/mol. The SMILES string of the molecule is COc1ccc2c(c1)C[C@@H](C(=O)NCCCn1ccccc1=O)CO2. The molecule has 3 rings (SSSR count). The molecule has 0 saturated carbocycles. The number of rotatable bonds is 6. The molecule has 0 spiro atoms. The number of hydrogen-bond acceptors (Lipinski definition) is 4. The number of aromatic nitrogens is 1. The summed E-state index contributed by atoms with van der Waals surface area (Å²) in [6.45, 7) is 1.49. The summed E-state index contributed by atoms with van der Waals surface area (Å²) in [5, 5.41) is 2.94. The van der Waals surface area contributed by atoms with Gasteiger partial charge in [-0.05, 0) is 42.7 Å². The Kier molecular flexibility index (Phi) is 5.38. The Morgan fingerprint density at radius 2 is 2.24 bits per heavy atom. The molecule has 1 aromatic heterocycles. The Bertz CT molecular complexity index is 800. The van der Waals surface area contributed by atoms with Gasteiger partial charge in [-0.15, -0.1) is 0 Å². The standard InChI is InChI=1S/C19H22N2O4/c1-24-16-6-7-17-14(12-16)11-15(13-25-17)19(23)20-8-4-10-21-9-3-2-5-18(21)22/h2-3,5-7,9,12,15H,4,8,10-11,13H2,1H3,(H,20,23)/t15-/m1/s1. The van der Waals surface area contributed by atoms with Crippen LogP contribution < -0.4 is 20.3 Å². The number of fused-ring (bicyclic) bond motifs is 1. The number of carbonyl (C=O) groups excluding carboxylic acids is 1. The van der Waals surface area contributed by atoms with E-state index >= 15 is 0 Å². The minimum absolute atomic E-state index is 0.0196. The largest absolute Gasteiger partial charge is 0.497 e. The van der Waals surface area contributed by atoms with Gasteiger partial charge in [-0.2, -0.15) is 0 Å². The lowest BCUT2D eigenvalue weighted by Crippen LogP contribution is -2.38. The van der Waals surface area contributed by atoms with E-state index in [2.05, 4.69) is 5.32 Å². The maximum absolute atomic E-state index is 12.3. The molecular formula is C19H22N2O4. The minimum Gasteiger partial charge on any atom is -0.497 e. The van der Waals surface area contributed by atoms with E-state index in [4.69, 9.17) is 9.47 Å². The van der Waals surface area contributed by atoms with Crippen molar-refractivity contribution in [3.63, 3.8) is 0 Å². The minimum atomic E-state index is -0.209. The molecule has 0 radical (unpaired) electrons. The molecule has 0 fully saturated rings. The highest BCUT2D eigenvalue weighted by atomic mass is 16.5. The van der Waals surface area contributed by atoms with Gasteiger partial charge >= 0.3 is 0 Å². The van der Waals surface area contributed by atoms with Crippen LogP contribution in [0.3, 0.4) is 0 Å². The van der Waals surface area contributed by atoms with Gasteiger partial charge < -0.3 is 19.4 Å². The van der Waals surface area contributed by atoms with Crippen LogP contribution in [0, 0.1) is 5.92 Å². The van der Waals surface area contributed by atoms with E-state index in [1.165, 1.54) is 6.07 Å². The van der Waals surface area contributed by atoms with Crippen LogP contribution in [0.5, 0.6) is 11.5 Å². The summed E-state index contributed by atoms with van der Waals surface area (Å²) in [7, 11) is 1.62. The summed E-state index contributed by atoms with van der Waals surface area (Å²) in [5.74, 6) is 1.35. The van der Waals surface area contributed by atoms with Crippen molar-refractivity contribution in [3.05, 3.63) is 58.5 Å². The number of amides is 1. The van der Waals surface area contributed by atoms with Gasteiger partial charge in [-0.25, -0.2) is 0 Å². The Hall–Kier alpha value is -2.76. The normalized spacial score (nSPS) is 15.8. The number of carbonyl (C=O) groups is 1. The Morgan fingerprint density at radius 1 is 1.36 bits per heavy atom. The first-order chi connectivity index (χ1) is 12.2. The number of nitrogens with zero attached hydrogens (tertiary/aromatic N) is 1. The molecular weight excluding hydrogens is 320 g/mol. The topological polar surface area (TPSA) is 69.6 Å². The number of benzene rings is 1. The van der Waals surface area contributed by atoms with Crippen LogP contribution in [0.4, 0.5) is 0 Å². The van der Waals surface area contributed by atoms with E-state index in [9.17, 15) is 9.59 Å². The van der Waals surface area contributed by atoms with E-state index in [0.717, 1.165) is 17.1 Å². The molecule has 1 aliphatic rings. The molecule has 1 N–H and O–H groups in total. The van der Waals surface area contributed by atoms with Crippen LogP contribution in [0.2, 0.25) is 0 Å². The van der Waals surface area contributed by atoms with E-state index < -0.39 is 0 Å². The van der Waals surface area contributed by atoms with E-state index in [0.29, 0.717) is 32.5 Å². The predicted molar refractivity (Wildman–Crippen MR) is 94.0 cm³/mol. The van der Waals surface area contributed by atoms with Crippen LogP contribution in [0.25, 0.3) is 0 Å². The van der Waals surface area contributed by atoms with Crippen LogP contribution in [-0.4, -0.2) is 30.7 Å². The number of nitrogens with one attached hydrogen (secondary N) is 1. The maximum Gasteiger partial charge on any atom is 0.250 e. The Balaban J connectivity index is 1.49. The molecule has 0 aliphatic carbocycles. The van der Waals surface area contributed by atoms with Crippen LogP contribution in [-0.2, 0) is 17.8 Å². The van der Waals surface area contributed by atoms with Crippen molar-refractivity contribution in [2.75, 3.05) is 20.3 Å². The van der Waals surface area contributed by atoms with E-state index in [1.807, 2.05) is 24.3 Å². The van der Waals surface area contributed by atoms with Crippen molar-refractivity contribution in [2.45, 2.75) is 19.4 Å². The fourth-order valence-corrected chi connectivity index (χ4v) is 2.92. The molecule has 1 aliphatic heterocycles. The summed E-state index contributed by atoms with van der Waals surface area (Å²) < 4.78 is 12.5. The highest BCUT2D eigenvalue weighted by Gasteiger charge is 2.26. The molecule has 0 saturated heterocycles. The number of hydrogen-bond donors (Lipinski definition) is 1. The van der Waals surface area contributed by atoms with Gasteiger partial charge in [-0.3, -0.25) is 9.59 Å². The van der Waals surface area contributed by atoms with Gasteiger partial charge in [-0.1, -0.05) is 6.07 Å². The summed E-state index contributed by atoms with van der Waals surface area (Å²) in [5.41, 5.74) is 0.960. The second-order valence-corrected chi connectivity index (χ2v) is 6.06. The van der Waals surface area contributed by atoms with Gasteiger partial charge in [0, 0.05) is 25.4 Å². The van der Waals surface area contributed by atoms with Crippen molar-refractivity contribution >= 4 is 5.91 Å². The summed E-state index contributed by atoms with van der Waals surface area (Å²) >= 11 is 0. The molecule has 1 atom stereocenters. The maximum atomic E-state index is 12.3. The molecule has 1 aromatic carbocycles. The molecule has 1 amide bonds. The molecule has 132 valence electrons.